The molecule has 1 aromatic carbocycles. The van der Waals surface area contributed by atoms with Crippen LogP contribution in [0.4, 0.5) is 0 Å². The van der Waals surface area contributed by atoms with Crippen LogP contribution in [-0.4, -0.2) is 72.1 Å². The van der Waals surface area contributed by atoms with Gasteiger partial charge in [-0.05, 0) is 57.2 Å². The highest BCUT2D eigenvalue weighted by Gasteiger charge is 2.47. The van der Waals surface area contributed by atoms with E-state index in [0.717, 1.165) is 13.1 Å². The zero-order chi connectivity index (χ0) is 23.5. The van der Waals surface area contributed by atoms with E-state index in [4.69, 9.17) is 13.9 Å². The summed E-state index contributed by atoms with van der Waals surface area (Å²) in [4.78, 5) is 29.8. The molecule has 1 aromatic heterocycles. The minimum Gasteiger partial charge on any atom is -0.507 e. The number of carbonyl (C=O) groups is 2. The summed E-state index contributed by atoms with van der Waals surface area (Å²) in [5, 5.41) is 11.1. The molecule has 8 nitrogen and oxygen atoms in total. The molecule has 33 heavy (non-hydrogen) atoms. The smallest absolute Gasteiger partial charge is 0.295 e. The molecule has 0 spiro atoms. The van der Waals surface area contributed by atoms with E-state index in [1.807, 2.05) is 13.8 Å². The van der Waals surface area contributed by atoms with Crippen molar-refractivity contribution in [3.8, 4) is 5.75 Å². The standard InChI is InChI=1S/C25H30N2O6/c1-16(2)32-19-7-5-18(6-8-19)23(28)21-22(20-9-4-17(3)33-20)27(25(30)24(21)29)11-10-26-12-14-31-15-13-26/h4-9,16,22,28H,10-15H2,1-3H3/b23-21+/t22-/m1/s1. The Kier molecular flexibility index (Phi) is 6.85. The molecule has 8 heteroatoms. The molecule has 4 rings (SSSR count). The third-order valence-corrected chi connectivity index (χ3v) is 5.83. The van der Waals surface area contributed by atoms with Crippen molar-refractivity contribution >= 4 is 17.4 Å². The van der Waals surface area contributed by atoms with Gasteiger partial charge in [0.05, 0.1) is 24.9 Å². The van der Waals surface area contributed by atoms with Crippen LogP contribution in [0.5, 0.6) is 5.75 Å². The minimum atomic E-state index is -0.786. The van der Waals surface area contributed by atoms with Gasteiger partial charge in [-0.25, -0.2) is 0 Å². The minimum absolute atomic E-state index is 0.0171. The van der Waals surface area contributed by atoms with Gasteiger partial charge in [0, 0.05) is 31.7 Å². The van der Waals surface area contributed by atoms with Gasteiger partial charge in [-0.3, -0.25) is 14.5 Å². The fraction of sp³-hybridized carbons (Fsp3) is 0.440. The van der Waals surface area contributed by atoms with Crippen molar-refractivity contribution in [2.75, 3.05) is 39.4 Å². The van der Waals surface area contributed by atoms with Gasteiger partial charge < -0.3 is 23.9 Å². The molecule has 2 fully saturated rings. The molecule has 0 aliphatic carbocycles. The van der Waals surface area contributed by atoms with Crippen LogP contribution in [0.2, 0.25) is 0 Å². The first-order valence-corrected chi connectivity index (χ1v) is 11.3. The summed E-state index contributed by atoms with van der Waals surface area (Å²) in [6.45, 7) is 9.46. The Morgan fingerprint density at radius 3 is 2.39 bits per heavy atom. The van der Waals surface area contributed by atoms with Crippen molar-refractivity contribution in [1.29, 1.82) is 0 Å². The highest BCUT2D eigenvalue weighted by atomic mass is 16.5. The average Bonchev–Trinajstić information content (AvgIpc) is 3.33. The quantitative estimate of drug-likeness (QED) is 0.390. The molecule has 0 saturated carbocycles. The molecule has 1 atom stereocenters. The number of Topliss-reactive ketones (excluding diaryl/α,β-unsaturated/α-hetero) is 1. The van der Waals surface area contributed by atoms with Gasteiger partial charge in [0.1, 0.15) is 29.1 Å². The largest absolute Gasteiger partial charge is 0.507 e. The third-order valence-electron chi connectivity index (χ3n) is 5.83. The van der Waals surface area contributed by atoms with Crippen LogP contribution < -0.4 is 4.74 Å². The van der Waals surface area contributed by atoms with Crippen molar-refractivity contribution < 1.29 is 28.6 Å². The predicted octanol–water partition coefficient (Wildman–Crippen LogP) is 3.13. The van der Waals surface area contributed by atoms with Gasteiger partial charge in [0.2, 0.25) is 0 Å². The lowest BCUT2D eigenvalue weighted by Gasteiger charge is -2.30. The summed E-state index contributed by atoms with van der Waals surface area (Å²) in [6.07, 6.45) is 0.0171. The van der Waals surface area contributed by atoms with E-state index in [-0.39, 0.29) is 17.4 Å². The molecule has 2 saturated heterocycles. The van der Waals surface area contributed by atoms with Crippen LogP contribution in [0.15, 0.2) is 46.4 Å². The normalized spacial score (nSPS) is 21.2. The zero-order valence-corrected chi connectivity index (χ0v) is 19.2. The Morgan fingerprint density at radius 1 is 1.09 bits per heavy atom. The second-order valence-corrected chi connectivity index (χ2v) is 8.59. The molecular formula is C25H30N2O6. The number of likely N-dealkylation sites (tertiary alicyclic amines) is 1. The number of hydrogen-bond donors (Lipinski definition) is 1. The van der Waals surface area contributed by atoms with Gasteiger partial charge in [0.15, 0.2) is 0 Å². The number of aliphatic hydroxyl groups excluding tert-OH is 1. The van der Waals surface area contributed by atoms with Crippen LogP contribution in [-0.2, 0) is 14.3 Å². The zero-order valence-electron chi connectivity index (χ0n) is 19.2. The highest BCUT2D eigenvalue weighted by Crippen LogP contribution is 2.40. The molecule has 0 radical (unpaired) electrons. The van der Waals surface area contributed by atoms with Gasteiger partial charge in [0.25, 0.3) is 11.7 Å². The number of aliphatic hydroxyl groups is 1. The molecule has 1 N–H and O–H groups in total. The summed E-state index contributed by atoms with van der Waals surface area (Å²) in [5.74, 6) is 0.205. The number of ether oxygens (including phenoxy) is 2. The lowest BCUT2D eigenvalue weighted by molar-refractivity contribution is -0.140. The molecule has 2 aliphatic rings. The molecule has 2 aliphatic heterocycles. The summed E-state index contributed by atoms with van der Waals surface area (Å²) in [7, 11) is 0. The van der Waals surface area contributed by atoms with E-state index in [9.17, 15) is 14.7 Å². The topological polar surface area (TPSA) is 92.5 Å². The maximum Gasteiger partial charge on any atom is 0.295 e. The maximum atomic E-state index is 13.1. The second kappa shape index (κ2) is 9.80. The monoisotopic (exact) mass is 454 g/mol. The first kappa shape index (κ1) is 23.1. The number of aryl methyl sites for hydroxylation is 1. The second-order valence-electron chi connectivity index (χ2n) is 8.59. The van der Waals surface area contributed by atoms with Crippen molar-refractivity contribution in [3.05, 3.63) is 59.1 Å². The molecule has 1 amide bonds. The number of benzene rings is 1. The van der Waals surface area contributed by atoms with Crippen LogP contribution >= 0.6 is 0 Å². The van der Waals surface area contributed by atoms with Gasteiger partial charge in [-0.1, -0.05) is 0 Å². The third kappa shape index (κ3) is 4.96. The number of furan rings is 1. The lowest BCUT2D eigenvalue weighted by atomic mass is 9.99. The Balaban J connectivity index is 1.67. The van der Waals surface area contributed by atoms with E-state index in [2.05, 4.69) is 4.90 Å². The number of morpholine rings is 1. The molecule has 2 aromatic rings. The van der Waals surface area contributed by atoms with Crippen molar-refractivity contribution in [1.82, 2.24) is 9.80 Å². The highest BCUT2D eigenvalue weighted by molar-refractivity contribution is 6.46. The fourth-order valence-corrected chi connectivity index (χ4v) is 4.20. The Morgan fingerprint density at radius 2 is 1.79 bits per heavy atom. The SMILES string of the molecule is Cc1ccc([C@@H]2/C(=C(\O)c3ccc(OC(C)C)cc3)C(=O)C(=O)N2CCN2CCOCC2)o1. The molecule has 3 heterocycles. The van der Waals surface area contributed by atoms with E-state index >= 15 is 0 Å². The first-order valence-electron chi connectivity index (χ1n) is 11.3. The maximum absolute atomic E-state index is 13.1. The predicted molar refractivity (Wildman–Crippen MR) is 122 cm³/mol. The first-order chi connectivity index (χ1) is 15.8. The van der Waals surface area contributed by atoms with E-state index in [1.54, 1.807) is 43.3 Å². The number of amides is 1. The van der Waals surface area contributed by atoms with Crippen molar-refractivity contribution in [2.24, 2.45) is 0 Å². The van der Waals surface area contributed by atoms with E-state index in [0.29, 0.717) is 49.1 Å². The van der Waals surface area contributed by atoms with E-state index < -0.39 is 17.7 Å². The van der Waals surface area contributed by atoms with Gasteiger partial charge >= 0.3 is 0 Å². The number of nitrogens with zero attached hydrogens (tertiary/aromatic N) is 2. The molecular weight excluding hydrogens is 424 g/mol. The van der Waals surface area contributed by atoms with Crippen molar-refractivity contribution in [2.45, 2.75) is 32.9 Å². The van der Waals surface area contributed by atoms with Crippen LogP contribution in [0, 0.1) is 6.92 Å². The summed E-state index contributed by atoms with van der Waals surface area (Å²) < 4.78 is 16.9. The van der Waals surface area contributed by atoms with Gasteiger partial charge in [-0.15, -0.1) is 0 Å². The molecule has 0 bridgehead atoms. The fourth-order valence-electron chi connectivity index (χ4n) is 4.20. The average molecular weight is 455 g/mol. The van der Waals surface area contributed by atoms with E-state index in [1.165, 1.54) is 4.90 Å². The Labute approximate surface area is 193 Å². The number of rotatable bonds is 7. The molecule has 0 unspecified atom stereocenters. The van der Waals surface area contributed by atoms with Crippen LogP contribution in [0.25, 0.3) is 5.76 Å². The number of carbonyl (C=O) groups excluding carboxylic acids is 2. The van der Waals surface area contributed by atoms with Crippen LogP contribution in [0.3, 0.4) is 0 Å². The van der Waals surface area contributed by atoms with Crippen molar-refractivity contribution in [3.63, 3.8) is 0 Å². The summed E-state index contributed by atoms with van der Waals surface area (Å²) in [6, 6.07) is 9.57. The summed E-state index contributed by atoms with van der Waals surface area (Å²) >= 11 is 0. The Bertz CT molecular complexity index is 1030. The molecule has 176 valence electrons. The number of ketones is 1. The number of hydrogen-bond acceptors (Lipinski definition) is 7. The van der Waals surface area contributed by atoms with Crippen LogP contribution in [0.1, 0.15) is 37.0 Å². The van der Waals surface area contributed by atoms with Gasteiger partial charge in [-0.2, -0.15) is 0 Å². The Hall–Kier alpha value is -3.10. The summed E-state index contributed by atoms with van der Waals surface area (Å²) in [5.41, 5.74) is 0.472. The lowest BCUT2D eigenvalue weighted by Crippen LogP contribution is -2.42.